The molecular formula is C14H17BrClN5. The number of H-pyrrole nitrogens is 1. The lowest BCUT2D eigenvalue weighted by Gasteiger charge is -2.34. The summed E-state index contributed by atoms with van der Waals surface area (Å²) in [6.45, 7) is 3.90. The van der Waals surface area contributed by atoms with Crippen molar-refractivity contribution in [2.45, 2.75) is 19.4 Å². The standard InChI is InChI=1S/C14H17BrClN5/c1-8-5-6-21(7-11(8)17)14-18-13(19-20-14)9-3-2-4-10(15)12(9)16/h2-4,8,11H,5-7,17H2,1H3,(H,18,19,20). The van der Waals surface area contributed by atoms with E-state index in [1.165, 1.54) is 0 Å². The van der Waals surface area contributed by atoms with Crippen molar-refractivity contribution in [3.8, 4) is 11.4 Å². The average molecular weight is 371 g/mol. The van der Waals surface area contributed by atoms with E-state index in [0.717, 1.165) is 29.5 Å². The summed E-state index contributed by atoms with van der Waals surface area (Å²) in [4.78, 5) is 6.69. The Kier molecular flexibility index (Phi) is 4.19. The molecule has 2 unspecified atom stereocenters. The molecule has 0 bridgehead atoms. The first kappa shape index (κ1) is 14.8. The fourth-order valence-electron chi connectivity index (χ4n) is 2.48. The van der Waals surface area contributed by atoms with Crippen LogP contribution in [0, 0.1) is 5.92 Å². The van der Waals surface area contributed by atoms with Gasteiger partial charge in [0.2, 0.25) is 5.95 Å². The zero-order chi connectivity index (χ0) is 15.0. The molecular weight excluding hydrogens is 354 g/mol. The SMILES string of the molecule is CC1CCN(c2n[nH]c(-c3cccc(Br)c3Cl)n2)CC1N. The summed E-state index contributed by atoms with van der Waals surface area (Å²) in [7, 11) is 0. The molecule has 3 rings (SSSR count). The number of nitrogens with one attached hydrogen (secondary N) is 1. The van der Waals surface area contributed by atoms with Crippen molar-refractivity contribution in [1.29, 1.82) is 0 Å². The van der Waals surface area contributed by atoms with Crippen LogP contribution in [0.25, 0.3) is 11.4 Å². The zero-order valence-electron chi connectivity index (χ0n) is 11.7. The highest BCUT2D eigenvalue weighted by Crippen LogP contribution is 2.32. The number of aromatic nitrogens is 3. The van der Waals surface area contributed by atoms with Crippen LogP contribution in [0.3, 0.4) is 0 Å². The number of anilines is 1. The van der Waals surface area contributed by atoms with E-state index in [1.807, 2.05) is 18.2 Å². The predicted molar refractivity (Wildman–Crippen MR) is 88.5 cm³/mol. The van der Waals surface area contributed by atoms with Crippen molar-refractivity contribution in [1.82, 2.24) is 15.2 Å². The Morgan fingerprint density at radius 2 is 2.29 bits per heavy atom. The number of hydrogen-bond acceptors (Lipinski definition) is 4. The molecule has 1 saturated heterocycles. The Morgan fingerprint density at radius 3 is 3.05 bits per heavy atom. The minimum atomic E-state index is 0.162. The van der Waals surface area contributed by atoms with Gasteiger partial charge in [-0.25, -0.2) is 0 Å². The summed E-state index contributed by atoms with van der Waals surface area (Å²) >= 11 is 9.72. The summed E-state index contributed by atoms with van der Waals surface area (Å²) in [6.07, 6.45) is 1.06. The van der Waals surface area contributed by atoms with E-state index in [-0.39, 0.29) is 6.04 Å². The molecule has 1 aliphatic heterocycles. The monoisotopic (exact) mass is 369 g/mol. The predicted octanol–water partition coefficient (Wildman–Crippen LogP) is 3.06. The second-order valence-electron chi connectivity index (χ2n) is 5.46. The first-order chi connectivity index (χ1) is 10.1. The third-order valence-electron chi connectivity index (χ3n) is 3.98. The van der Waals surface area contributed by atoms with Gasteiger partial charge in [-0.05, 0) is 40.4 Å². The lowest BCUT2D eigenvalue weighted by Crippen LogP contribution is -2.48. The van der Waals surface area contributed by atoms with E-state index >= 15 is 0 Å². The Labute approximate surface area is 137 Å². The molecule has 1 fully saturated rings. The maximum atomic E-state index is 6.30. The molecule has 7 heteroatoms. The van der Waals surface area contributed by atoms with Gasteiger partial charge in [-0.2, -0.15) is 4.98 Å². The second-order valence-corrected chi connectivity index (χ2v) is 6.69. The number of halogens is 2. The highest BCUT2D eigenvalue weighted by atomic mass is 79.9. The quantitative estimate of drug-likeness (QED) is 0.852. The van der Waals surface area contributed by atoms with Crippen LogP contribution in [0.5, 0.6) is 0 Å². The Bertz CT molecular complexity index is 644. The molecule has 112 valence electrons. The number of nitrogens with two attached hydrogens (primary N) is 1. The van der Waals surface area contributed by atoms with Crippen LogP contribution < -0.4 is 10.6 Å². The maximum Gasteiger partial charge on any atom is 0.245 e. The van der Waals surface area contributed by atoms with Crippen molar-refractivity contribution < 1.29 is 0 Å². The van der Waals surface area contributed by atoms with Gasteiger partial charge >= 0.3 is 0 Å². The molecule has 1 aromatic heterocycles. The van der Waals surface area contributed by atoms with Crippen LogP contribution in [0.4, 0.5) is 5.95 Å². The smallest absolute Gasteiger partial charge is 0.245 e. The van der Waals surface area contributed by atoms with Crippen molar-refractivity contribution in [2.75, 3.05) is 18.0 Å². The van der Waals surface area contributed by atoms with Crippen LogP contribution in [0.2, 0.25) is 5.02 Å². The van der Waals surface area contributed by atoms with Crippen molar-refractivity contribution in [2.24, 2.45) is 11.7 Å². The Hall–Kier alpha value is -1.11. The molecule has 0 amide bonds. The molecule has 0 aliphatic carbocycles. The summed E-state index contributed by atoms with van der Waals surface area (Å²) in [5, 5.41) is 7.90. The highest BCUT2D eigenvalue weighted by molar-refractivity contribution is 9.10. The van der Waals surface area contributed by atoms with Crippen LogP contribution in [0.15, 0.2) is 22.7 Å². The topological polar surface area (TPSA) is 70.8 Å². The zero-order valence-corrected chi connectivity index (χ0v) is 14.0. The van der Waals surface area contributed by atoms with E-state index in [1.54, 1.807) is 0 Å². The largest absolute Gasteiger partial charge is 0.338 e. The molecule has 0 radical (unpaired) electrons. The molecule has 2 atom stereocenters. The normalized spacial score (nSPS) is 22.6. The molecule has 0 spiro atoms. The Balaban J connectivity index is 1.85. The molecule has 5 nitrogen and oxygen atoms in total. The summed E-state index contributed by atoms with van der Waals surface area (Å²) < 4.78 is 0.841. The van der Waals surface area contributed by atoms with E-state index < -0.39 is 0 Å². The van der Waals surface area contributed by atoms with Crippen molar-refractivity contribution in [3.05, 3.63) is 27.7 Å². The number of rotatable bonds is 2. The summed E-state index contributed by atoms with van der Waals surface area (Å²) in [5.74, 6) is 1.89. The van der Waals surface area contributed by atoms with Crippen molar-refractivity contribution in [3.63, 3.8) is 0 Å². The maximum absolute atomic E-state index is 6.30. The fraction of sp³-hybridized carbons (Fsp3) is 0.429. The lowest BCUT2D eigenvalue weighted by molar-refractivity contribution is 0.376. The second kappa shape index (κ2) is 5.94. The average Bonchev–Trinajstić information content (AvgIpc) is 2.94. The van der Waals surface area contributed by atoms with E-state index in [9.17, 15) is 0 Å². The van der Waals surface area contributed by atoms with Crippen LogP contribution in [0.1, 0.15) is 13.3 Å². The van der Waals surface area contributed by atoms with Gasteiger partial charge in [0.15, 0.2) is 5.82 Å². The van der Waals surface area contributed by atoms with Crippen LogP contribution in [-0.2, 0) is 0 Å². The van der Waals surface area contributed by atoms with Crippen LogP contribution in [-0.4, -0.2) is 34.3 Å². The number of piperidine rings is 1. The number of benzene rings is 1. The first-order valence-corrected chi connectivity index (χ1v) is 8.10. The highest BCUT2D eigenvalue weighted by Gasteiger charge is 2.25. The van der Waals surface area contributed by atoms with E-state index in [0.29, 0.717) is 22.7 Å². The number of nitrogens with zero attached hydrogens (tertiary/aromatic N) is 3. The lowest BCUT2D eigenvalue weighted by atomic mass is 9.95. The molecule has 1 aliphatic rings. The minimum absolute atomic E-state index is 0.162. The van der Waals surface area contributed by atoms with Crippen molar-refractivity contribution >= 4 is 33.5 Å². The minimum Gasteiger partial charge on any atom is -0.338 e. The van der Waals surface area contributed by atoms with Gasteiger partial charge in [-0.1, -0.05) is 24.6 Å². The fourth-order valence-corrected chi connectivity index (χ4v) is 3.06. The van der Waals surface area contributed by atoms with Gasteiger partial charge in [-0.15, -0.1) is 5.10 Å². The van der Waals surface area contributed by atoms with Gasteiger partial charge in [0.1, 0.15) is 0 Å². The van der Waals surface area contributed by atoms with E-state index in [4.69, 9.17) is 17.3 Å². The molecule has 0 saturated carbocycles. The number of hydrogen-bond donors (Lipinski definition) is 2. The first-order valence-electron chi connectivity index (χ1n) is 6.93. The summed E-state index contributed by atoms with van der Waals surface area (Å²) in [6, 6.07) is 5.90. The van der Waals surface area contributed by atoms with Crippen LogP contribution >= 0.6 is 27.5 Å². The van der Waals surface area contributed by atoms with Gasteiger partial charge in [0, 0.05) is 29.2 Å². The summed E-state index contributed by atoms with van der Waals surface area (Å²) in [5.41, 5.74) is 6.97. The molecule has 2 heterocycles. The molecule has 3 N–H and O–H groups in total. The third kappa shape index (κ3) is 2.93. The van der Waals surface area contributed by atoms with Gasteiger partial charge in [0.05, 0.1) is 5.02 Å². The molecule has 1 aromatic carbocycles. The van der Waals surface area contributed by atoms with Gasteiger partial charge < -0.3 is 10.6 Å². The van der Waals surface area contributed by atoms with E-state index in [2.05, 4.69) is 42.9 Å². The van der Waals surface area contributed by atoms with Gasteiger partial charge in [-0.3, -0.25) is 5.10 Å². The molecule has 2 aromatic rings. The third-order valence-corrected chi connectivity index (χ3v) is 5.28. The molecule has 21 heavy (non-hydrogen) atoms. The number of aromatic amines is 1. The van der Waals surface area contributed by atoms with Gasteiger partial charge in [0.25, 0.3) is 0 Å². The Morgan fingerprint density at radius 1 is 1.48 bits per heavy atom.